The molecule has 0 aliphatic carbocycles. The third-order valence-corrected chi connectivity index (χ3v) is 4.84. The van der Waals surface area contributed by atoms with Gasteiger partial charge in [0, 0.05) is 13.1 Å². The van der Waals surface area contributed by atoms with Gasteiger partial charge in [0.05, 0.1) is 16.7 Å². The summed E-state index contributed by atoms with van der Waals surface area (Å²) >= 11 is 1.15. The summed E-state index contributed by atoms with van der Waals surface area (Å²) in [6, 6.07) is 6.65. The number of benzene rings is 1. The predicted octanol–water partition coefficient (Wildman–Crippen LogP) is 2.77. The Bertz CT molecular complexity index is 864. The molecule has 1 aromatic carbocycles. The van der Waals surface area contributed by atoms with Gasteiger partial charge in [0.25, 0.3) is 5.56 Å². The molecule has 3 amide bonds. The fourth-order valence-electron chi connectivity index (χ4n) is 2.49. The van der Waals surface area contributed by atoms with Crippen LogP contribution in [0.2, 0.25) is 0 Å². The lowest BCUT2D eigenvalue weighted by Gasteiger charge is -2.12. The second-order valence-corrected chi connectivity index (χ2v) is 7.59. The van der Waals surface area contributed by atoms with Crippen LogP contribution in [0.25, 0.3) is 10.9 Å². The summed E-state index contributed by atoms with van der Waals surface area (Å²) < 4.78 is 1.59. The van der Waals surface area contributed by atoms with Gasteiger partial charge in [-0.2, -0.15) is 0 Å². The lowest BCUT2D eigenvalue weighted by molar-refractivity contribution is -0.117. The summed E-state index contributed by atoms with van der Waals surface area (Å²) in [5.41, 5.74) is 0.487. The zero-order valence-electron chi connectivity index (χ0n) is 15.9. The Labute approximate surface area is 162 Å². The maximum atomic E-state index is 12.7. The number of nitrogens with one attached hydrogen (secondary N) is 2. The number of urea groups is 1. The molecule has 0 unspecified atom stereocenters. The summed E-state index contributed by atoms with van der Waals surface area (Å²) in [5.74, 6) is 0.0601. The third-order valence-electron chi connectivity index (χ3n) is 3.87. The van der Waals surface area contributed by atoms with Crippen molar-refractivity contribution in [2.45, 2.75) is 45.3 Å². The lowest BCUT2D eigenvalue weighted by Crippen LogP contribution is -2.41. The average Bonchev–Trinajstić information content (AvgIpc) is 2.62. The van der Waals surface area contributed by atoms with Crippen LogP contribution in [0.3, 0.4) is 0 Å². The van der Waals surface area contributed by atoms with E-state index < -0.39 is 11.9 Å². The van der Waals surface area contributed by atoms with Gasteiger partial charge in [0.15, 0.2) is 5.16 Å². The number of thioether (sulfide) groups is 1. The van der Waals surface area contributed by atoms with Gasteiger partial charge in [-0.05, 0) is 30.9 Å². The highest BCUT2D eigenvalue weighted by molar-refractivity contribution is 7.99. The van der Waals surface area contributed by atoms with Crippen molar-refractivity contribution in [3.8, 4) is 0 Å². The number of imide groups is 1. The van der Waals surface area contributed by atoms with Crippen molar-refractivity contribution in [3.63, 3.8) is 0 Å². The van der Waals surface area contributed by atoms with Gasteiger partial charge in [-0.1, -0.05) is 44.7 Å². The smallest absolute Gasteiger partial charge is 0.321 e. The van der Waals surface area contributed by atoms with E-state index in [1.807, 2.05) is 13.0 Å². The van der Waals surface area contributed by atoms with Gasteiger partial charge in [0.2, 0.25) is 5.91 Å². The molecule has 27 heavy (non-hydrogen) atoms. The van der Waals surface area contributed by atoms with Crippen LogP contribution in [-0.2, 0) is 11.3 Å². The number of amides is 3. The van der Waals surface area contributed by atoms with E-state index in [1.54, 1.807) is 22.8 Å². The van der Waals surface area contributed by atoms with Crippen molar-refractivity contribution in [1.29, 1.82) is 0 Å². The first kappa shape index (κ1) is 21.0. The van der Waals surface area contributed by atoms with E-state index in [0.29, 0.717) is 35.1 Å². The molecule has 2 N–H and O–H groups in total. The fraction of sp³-hybridized carbons (Fsp3) is 0.474. The Morgan fingerprint density at radius 1 is 1.26 bits per heavy atom. The van der Waals surface area contributed by atoms with Crippen molar-refractivity contribution in [1.82, 2.24) is 20.2 Å². The highest BCUT2D eigenvalue weighted by Crippen LogP contribution is 2.17. The zero-order valence-corrected chi connectivity index (χ0v) is 16.8. The van der Waals surface area contributed by atoms with E-state index in [2.05, 4.69) is 29.5 Å². The molecule has 0 saturated carbocycles. The van der Waals surface area contributed by atoms with Crippen molar-refractivity contribution in [3.05, 3.63) is 34.6 Å². The number of hydrogen-bond acceptors (Lipinski definition) is 5. The molecule has 146 valence electrons. The quantitative estimate of drug-likeness (QED) is 0.534. The standard InChI is InChI=1S/C19H26N4O3S/c1-4-11-23-17(25)14-7-5-6-8-15(14)21-19(23)27-12-16(24)22-18(26)20-10-9-13(2)3/h5-8,13H,4,9-12H2,1-3H3,(H2,20,22,24,26). The minimum absolute atomic E-state index is 0.00605. The van der Waals surface area contributed by atoms with Gasteiger partial charge in [0.1, 0.15) is 0 Å². The molecule has 7 nitrogen and oxygen atoms in total. The maximum absolute atomic E-state index is 12.7. The Balaban J connectivity index is 2.03. The van der Waals surface area contributed by atoms with Gasteiger partial charge >= 0.3 is 6.03 Å². The molecular formula is C19H26N4O3S. The number of rotatable bonds is 8. The van der Waals surface area contributed by atoms with E-state index >= 15 is 0 Å². The van der Waals surface area contributed by atoms with E-state index in [9.17, 15) is 14.4 Å². The lowest BCUT2D eigenvalue weighted by atomic mass is 10.1. The number of carbonyl (C=O) groups excluding carboxylic acids is 2. The Morgan fingerprint density at radius 2 is 2.00 bits per heavy atom. The fourth-order valence-corrected chi connectivity index (χ4v) is 3.32. The molecule has 0 fully saturated rings. The number of para-hydroxylation sites is 1. The first-order valence-electron chi connectivity index (χ1n) is 9.12. The molecular weight excluding hydrogens is 364 g/mol. The minimum atomic E-state index is -0.501. The van der Waals surface area contributed by atoms with Gasteiger partial charge in [-0.25, -0.2) is 9.78 Å². The maximum Gasteiger partial charge on any atom is 0.321 e. The summed E-state index contributed by atoms with van der Waals surface area (Å²) in [6.45, 7) is 7.15. The molecule has 2 aromatic rings. The van der Waals surface area contributed by atoms with Crippen LogP contribution in [0.5, 0.6) is 0 Å². The first-order valence-corrected chi connectivity index (χ1v) is 10.1. The van der Waals surface area contributed by atoms with Gasteiger partial charge < -0.3 is 5.32 Å². The predicted molar refractivity (Wildman–Crippen MR) is 108 cm³/mol. The summed E-state index contributed by atoms with van der Waals surface area (Å²) in [6.07, 6.45) is 1.62. The highest BCUT2D eigenvalue weighted by Gasteiger charge is 2.14. The second kappa shape index (κ2) is 10.1. The topological polar surface area (TPSA) is 93.1 Å². The molecule has 2 rings (SSSR count). The Morgan fingerprint density at radius 3 is 2.70 bits per heavy atom. The molecule has 1 aromatic heterocycles. The summed E-state index contributed by atoms with van der Waals surface area (Å²) in [4.78, 5) is 41.0. The van der Waals surface area contributed by atoms with Crippen LogP contribution in [0, 0.1) is 5.92 Å². The monoisotopic (exact) mass is 390 g/mol. The number of fused-ring (bicyclic) bond motifs is 1. The van der Waals surface area contributed by atoms with E-state index in [1.165, 1.54) is 0 Å². The highest BCUT2D eigenvalue weighted by atomic mass is 32.2. The molecule has 0 radical (unpaired) electrons. The van der Waals surface area contributed by atoms with Crippen molar-refractivity contribution in [2.75, 3.05) is 12.3 Å². The molecule has 0 aliphatic rings. The van der Waals surface area contributed by atoms with E-state index in [-0.39, 0.29) is 11.3 Å². The van der Waals surface area contributed by atoms with Crippen molar-refractivity contribution < 1.29 is 9.59 Å². The Hall–Kier alpha value is -2.35. The minimum Gasteiger partial charge on any atom is -0.338 e. The molecule has 8 heteroatoms. The second-order valence-electron chi connectivity index (χ2n) is 6.64. The molecule has 0 spiro atoms. The SMILES string of the molecule is CCCn1c(SCC(=O)NC(=O)NCCC(C)C)nc2ccccc2c1=O. The van der Waals surface area contributed by atoms with E-state index in [4.69, 9.17) is 0 Å². The van der Waals surface area contributed by atoms with Crippen molar-refractivity contribution in [2.24, 2.45) is 5.92 Å². The van der Waals surface area contributed by atoms with Crippen molar-refractivity contribution >= 4 is 34.6 Å². The number of hydrogen-bond donors (Lipinski definition) is 2. The van der Waals surface area contributed by atoms with Crippen LogP contribution in [0.1, 0.15) is 33.6 Å². The van der Waals surface area contributed by atoms with Crippen LogP contribution < -0.4 is 16.2 Å². The molecule has 0 atom stereocenters. The molecule has 0 aliphatic heterocycles. The number of nitrogens with zero attached hydrogens (tertiary/aromatic N) is 2. The molecule has 1 heterocycles. The first-order chi connectivity index (χ1) is 12.9. The van der Waals surface area contributed by atoms with Crippen LogP contribution >= 0.6 is 11.8 Å². The van der Waals surface area contributed by atoms with Crippen LogP contribution in [0.4, 0.5) is 4.79 Å². The largest absolute Gasteiger partial charge is 0.338 e. The normalized spacial score (nSPS) is 11.0. The zero-order chi connectivity index (χ0) is 19.8. The molecule has 0 saturated heterocycles. The van der Waals surface area contributed by atoms with Gasteiger partial charge in [-0.15, -0.1) is 0 Å². The molecule has 0 bridgehead atoms. The summed E-state index contributed by atoms with van der Waals surface area (Å²) in [5, 5.41) is 6.00. The van der Waals surface area contributed by atoms with Crippen LogP contribution in [-0.4, -0.2) is 33.8 Å². The average molecular weight is 391 g/mol. The van der Waals surface area contributed by atoms with E-state index in [0.717, 1.165) is 24.6 Å². The van der Waals surface area contributed by atoms with Crippen LogP contribution in [0.15, 0.2) is 34.2 Å². The Kier molecular flexibility index (Phi) is 7.84. The number of aromatic nitrogens is 2. The summed E-state index contributed by atoms with van der Waals surface area (Å²) in [7, 11) is 0. The number of carbonyl (C=O) groups is 2. The van der Waals surface area contributed by atoms with Gasteiger partial charge in [-0.3, -0.25) is 19.5 Å². The third kappa shape index (κ3) is 6.09.